The highest BCUT2D eigenvalue weighted by Crippen LogP contribution is 2.52. The zero-order valence-corrected chi connectivity index (χ0v) is 16.6. The normalized spacial score (nSPS) is 27.7. The number of hydrogen-bond acceptors (Lipinski definition) is 6. The molecule has 3 aliphatic rings. The molecule has 1 aromatic rings. The molecule has 28 heavy (non-hydrogen) atoms. The fourth-order valence-corrected chi connectivity index (χ4v) is 4.80. The second-order valence-electron chi connectivity index (χ2n) is 7.02. The SMILES string of the molecule is COc1cc(C=NN2C(=O)C3C4C=CC(C4)C3C2=O)cc(Br)c1OCC(N)=O. The predicted molar refractivity (Wildman–Crippen MR) is 103 cm³/mol. The first-order valence-corrected chi connectivity index (χ1v) is 9.58. The average Bonchev–Trinajstić information content (AvgIpc) is 3.33. The van der Waals surface area contributed by atoms with Gasteiger partial charge in [-0.05, 0) is 51.9 Å². The number of halogens is 1. The van der Waals surface area contributed by atoms with Crippen LogP contribution < -0.4 is 15.2 Å². The number of benzene rings is 1. The lowest BCUT2D eigenvalue weighted by molar-refractivity contribution is -0.140. The van der Waals surface area contributed by atoms with Crippen molar-refractivity contribution < 1.29 is 23.9 Å². The van der Waals surface area contributed by atoms with Gasteiger partial charge in [0.15, 0.2) is 18.1 Å². The summed E-state index contributed by atoms with van der Waals surface area (Å²) >= 11 is 3.36. The standard InChI is InChI=1S/C19H18BrN3O5/c1-27-13-5-9(4-12(20)17(13)28-8-14(21)24)7-22-23-18(25)15-10-2-3-11(6-10)16(15)19(23)26/h2-5,7,10-11,15-16H,6,8H2,1H3,(H2,21,24). The Kier molecular flexibility index (Phi) is 4.70. The van der Waals surface area contributed by atoms with Crippen molar-refractivity contribution in [1.82, 2.24) is 5.01 Å². The molecule has 4 rings (SSSR count). The quantitative estimate of drug-likeness (QED) is 0.403. The van der Waals surface area contributed by atoms with Crippen LogP contribution in [0.3, 0.4) is 0 Å². The van der Waals surface area contributed by atoms with Crippen molar-refractivity contribution >= 4 is 39.9 Å². The lowest BCUT2D eigenvalue weighted by Gasteiger charge is -2.13. The van der Waals surface area contributed by atoms with Gasteiger partial charge in [0.25, 0.3) is 17.7 Å². The maximum Gasteiger partial charge on any atom is 0.255 e. The molecule has 0 spiro atoms. The topological polar surface area (TPSA) is 111 Å². The number of rotatable bonds is 6. The van der Waals surface area contributed by atoms with Crippen molar-refractivity contribution in [1.29, 1.82) is 0 Å². The zero-order chi connectivity index (χ0) is 20.0. The molecule has 1 aromatic carbocycles. The Morgan fingerprint density at radius 2 is 1.93 bits per heavy atom. The van der Waals surface area contributed by atoms with Crippen LogP contribution in [0.15, 0.2) is 33.9 Å². The second kappa shape index (κ2) is 7.05. The second-order valence-corrected chi connectivity index (χ2v) is 7.88. The van der Waals surface area contributed by atoms with E-state index in [4.69, 9.17) is 15.2 Å². The lowest BCUT2D eigenvalue weighted by Crippen LogP contribution is -2.28. The molecule has 4 atom stereocenters. The van der Waals surface area contributed by atoms with E-state index in [0.29, 0.717) is 21.5 Å². The van der Waals surface area contributed by atoms with Crippen LogP contribution in [0.25, 0.3) is 0 Å². The molecule has 1 saturated carbocycles. The Morgan fingerprint density at radius 1 is 1.29 bits per heavy atom. The Morgan fingerprint density at radius 3 is 2.50 bits per heavy atom. The number of carbonyl (C=O) groups is 3. The Bertz CT molecular complexity index is 898. The maximum atomic E-state index is 12.7. The van der Waals surface area contributed by atoms with Crippen molar-refractivity contribution in [3.63, 3.8) is 0 Å². The van der Waals surface area contributed by atoms with Gasteiger partial charge < -0.3 is 15.2 Å². The summed E-state index contributed by atoms with van der Waals surface area (Å²) in [7, 11) is 1.46. The van der Waals surface area contributed by atoms with Gasteiger partial charge >= 0.3 is 0 Å². The van der Waals surface area contributed by atoms with Crippen molar-refractivity contribution in [3.05, 3.63) is 34.3 Å². The molecular weight excluding hydrogens is 430 g/mol. The first-order valence-electron chi connectivity index (χ1n) is 8.79. The molecule has 2 bridgehead atoms. The number of methoxy groups -OCH3 is 1. The smallest absolute Gasteiger partial charge is 0.255 e. The minimum Gasteiger partial charge on any atom is -0.493 e. The highest BCUT2D eigenvalue weighted by atomic mass is 79.9. The van der Waals surface area contributed by atoms with Crippen LogP contribution in [-0.2, 0) is 14.4 Å². The number of hydrogen-bond donors (Lipinski definition) is 1. The molecule has 4 unspecified atom stereocenters. The van der Waals surface area contributed by atoms with Crippen LogP contribution >= 0.6 is 15.9 Å². The van der Waals surface area contributed by atoms with Crippen LogP contribution in [0, 0.1) is 23.7 Å². The first kappa shape index (κ1) is 18.7. The number of ether oxygens (including phenoxy) is 2. The van der Waals surface area contributed by atoms with E-state index in [2.05, 4.69) is 21.0 Å². The van der Waals surface area contributed by atoms with Gasteiger partial charge in [-0.1, -0.05) is 12.2 Å². The van der Waals surface area contributed by atoms with Gasteiger partial charge in [-0.2, -0.15) is 10.1 Å². The first-order chi connectivity index (χ1) is 13.4. The molecule has 2 N–H and O–H groups in total. The Balaban J connectivity index is 1.55. The number of imide groups is 1. The van der Waals surface area contributed by atoms with Gasteiger partial charge in [-0.25, -0.2) is 0 Å². The summed E-state index contributed by atoms with van der Waals surface area (Å²) < 4.78 is 11.2. The molecule has 1 saturated heterocycles. The van der Waals surface area contributed by atoms with Gasteiger partial charge in [0.05, 0.1) is 29.6 Å². The summed E-state index contributed by atoms with van der Waals surface area (Å²) in [4.78, 5) is 36.3. The largest absolute Gasteiger partial charge is 0.493 e. The molecule has 2 fully saturated rings. The third-order valence-corrected chi connectivity index (χ3v) is 5.97. The average molecular weight is 448 g/mol. The fourth-order valence-electron chi connectivity index (χ4n) is 4.22. The van der Waals surface area contributed by atoms with E-state index in [1.54, 1.807) is 12.1 Å². The molecule has 0 aromatic heterocycles. The minimum absolute atomic E-state index is 0.141. The Hall–Kier alpha value is -2.68. The van der Waals surface area contributed by atoms with Crippen LogP contribution in [0.5, 0.6) is 11.5 Å². The molecule has 0 radical (unpaired) electrons. The van der Waals surface area contributed by atoms with E-state index in [9.17, 15) is 14.4 Å². The molecule has 1 heterocycles. The molecule has 9 heteroatoms. The molecule has 2 aliphatic carbocycles. The number of nitrogens with two attached hydrogens (primary N) is 1. The molecule has 1 aliphatic heterocycles. The van der Waals surface area contributed by atoms with E-state index >= 15 is 0 Å². The summed E-state index contributed by atoms with van der Waals surface area (Å²) in [5.41, 5.74) is 5.69. The van der Waals surface area contributed by atoms with E-state index in [0.717, 1.165) is 11.4 Å². The fraction of sp³-hybridized carbons (Fsp3) is 0.368. The number of allylic oxidation sites excluding steroid dienone is 2. The van der Waals surface area contributed by atoms with Crippen molar-refractivity contribution in [2.75, 3.05) is 13.7 Å². The van der Waals surface area contributed by atoms with Crippen LogP contribution in [0.1, 0.15) is 12.0 Å². The van der Waals surface area contributed by atoms with Gasteiger partial charge in [-0.15, -0.1) is 0 Å². The van der Waals surface area contributed by atoms with E-state index in [1.165, 1.54) is 13.3 Å². The van der Waals surface area contributed by atoms with E-state index in [-0.39, 0.29) is 42.1 Å². The minimum atomic E-state index is -0.611. The maximum absolute atomic E-state index is 12.7. The number of fused-ring (bicyclic) bond motifs is 5. The number of carbonyl (C=O) groups excluding carboxylic acids is 3. The highest BCUT2D eigenvalue weighted by Gasteiger charge is 2.59. The Labute approximate surface area is 169 Å². The van der Waals surface area contributed by atoms with Gasteiger partial charge in [0.2, 0.25) is 0 Å². The molecular formula is C19H18BrN3O5. The summed E-state index contributed by atoms with van der Waals surface area (Å²) in [5.74, 6) is -0.703. The number of primary amides is 1. The van der Waals surface area contributed by atoms with E-state index in [1.807, 2.05) is 12.2 Å². The van der Waals surface area contributed by atoms with Crippen LogP contribution in [-0.4, -0.2) is 42.7 Å². The third kappa shape index (κ3) is 2.99. The van der Waals surface area contributed by atoms with Crippen LogP contribution in [0.4, 0.5) is 0 Å². The number of amides is 3. The molecule has 8 nitrogen and oxygen atoms in total. The third-order valence-electron chi connectivity index (χ3n) is 5.38. The van der Waals surface area contributed by atoms with Crippen molar-refractivity contribution in [2.45, 2.75) is 6.42 Å². The summed E-state index contributed by atoms with van der Waals surface area (Å²) in [6.45, 7) is -0.293. The van der Waals surface area contributed by atoms with Crippen molar-refractivity contribution in [2.24, 2.45) is 34.5 Å². The molecule has 3 amide bonds. The van der Waals surface area contributed by atoms with Gasteiger partial charge in [0, 0.05) is 0 Å². The van der Waals surface area contributed by atoms with E-state index < -0.39 is 5.91 Å². The summed E-state index contributed by atoms with van der Waals surface area (Å²) in [5, 5.41) is 5.13. The summed E-state index contributed by atoms with van der Waals surface area (Å²) in [6, 6.07) is 3.31. The highest BCUT2D eigenvalue weighted by molar-refractivity contribution is 9.10. The van der Waals surface area contributed by atoms with Crippen LogP contribution in [0.2, 0.25) is 0 Å². The number of hydrazone groups is 1. The predicted octanol–water partition coefficient (Wildman–Crippen LogP) is 1.46. The van der Waals surface area contributed by atoms with Gasteiger partial charge in [0.1, 0.15) is 0 Å². The molecule has 146 valence electrons. The monoisotopic (exact) mass is 447 g/mol. The van der Waals surface area contributed by atoms with Crippen molar-refractivity contribution in [3.8, 4) is 11.5 Å². The lowest BCUT2D eigenvalue weighted by atomic mass is 9.85. The summed E-state index contributed by atoms with van der Waals surface area (Å²) in [6.07, 6.45) is 6.38. The zero-order valence-electron chi connectivity index (χ0n) is 15.0. The van der Waals surface area contributed by atoms with Gasteiger partial charge in [-0.3, -0.25) is 14.4 Å². The number of nitrogens with zero attached hydrogens (tertiary/aromatic N) is 2.